The van der Waals surface area contributed by atoms with Crippen LogP contribution in [0.4, 0.5) is 0 Å². The maximum atomic E-state index is 2.25. The maximum absolute atomic E-state index is 2.25. The highest BCUT2D eigenvalue weighted by Crippen LogP contribution is 2.56. The molecule has 86 valence electrons. The highest BCUT2D eigenvalue weighted by atomic mass is 32.2. The van der Waals surface area contributed by atoms with Crippen molar-refractivity contribution < 1.29 is 0 Å². The third-order valence-electron chi connectivity index (χ3n) is 3.00. The van der Waals surface area contributed by atoms with Crippen LogP contribution in [0.3, 0.4) is 0 Å². The van der Waals surface area contributed by atoms with E-state index in [4.69, 9.17) is 0 Å². The van der Waals surface area contributed by atoms with Gasteiger partial charge in [0.05, 0.1) is 0 Å². The molecule has 0 aromatic heterocycles. The van der Waals surface area contributed by atoms with Crippen molar-refractivity contribution in [3.63, 3.8) is 0 Å². The van der Waals surface area contributed by atoms with Gasteiger partial charge in [-0.3, -0.25) is 0 Å². The summed E-state index contributed by atoms with van der Waals surface area (Å²) in [6.45, 7) is 0. The highest BCUT2D eigenvalue weighted by Gasteiger charge is 2.38. The first-order valence-corrected chi connectivity index (χ1v) is 7.78. The van der Waals surface area contributed by atoms with E-state index in [0.29, 0.717) is 0 Å². The Morgan fingerprint density at radius 3 is 1.47 bits per heavy atom. The van der Waals surface area contributed by atoms with Crippen LogP contribution in [-0.2, 0) is 4.08 Å². The number of thioether (sulfide) groups is 2. The fourth-order valence-corrected chi connectivity index (χ4v) is 5.51. The summed E-state index contributed by atoms with van der Waals surface area (Å²) in [5.74, 6) is 2.46. The summed E-state index contributed by atoms with van der Waals surface area (Å²) < 4.78 is 0.114. The van der Waals surface area contributed by atoms with Gasteiger partial charge in [0.2, 0.25) is 0 Å². The molecule has 17 heavy (non-hydrogen) atoms. The molecule has 0 nitrogen and oxygen atoms in total. The third kappa shape index (κ3) is 2.00. The van der Waals surface area contributed by atoms with Crippen LogP contribution >= 0.6 is 23.5 Å². The van der Waals surface area contributed by atoms with E-state index in [9.17, 15) is 0 Å². The van der Waals surface area contributed by atoms with Crippen LogP contribution in [0, 0.1) is 0 Å². The summed E-state index contributed by atoms with van der Waals surface area (Å²) in [5.41, 5.74) is 2.83. The van der Waals surface area contributed by atoms with Crippen LogP contribution in [0.15, 0.2) is 60.7 Å². The largest absolute Gasteiger partial charge is 0.134 e. The van der Waals surface area contributed by atoms with E-state index in [1.165, 1.54) is 22.6 Å². The molecular formula is C15H14S2. The molecule has 0 atom stereocenters. The topological polar surface area (TPSA) is 0 Å². The second kappa shape index (κ2) is 4.79. The van der Waals surface area contributed by atoms with Crippen LogP contribution in [0.1, 0.15) is 11.1 Å². The zero-order chi connectivity index (χ0) is 11.6. The van der Waals surface area contributed by atoms with Gasteiger partial charge in [0.1, 0.15) is 4.08 Å². The fourth-order valence-electron chi connectivity index (χ4n) is 2.23. The minimum absolute atomic E-state index is 0.114. The van der Waals surface area contributed by atoms with Gasteiger partial charge in [-0.25, -0.2) is 0 Å². The molecule has 2 heteroatoms. The fraction of sp³-hybridized carbons (Fsp3) is 0.200. The number of hydrogen-bond donors (Lipinski definition) is 0. The van der Waals surface area contributed by atoms with Crippen LogP contribution in [0.5, 0.6) is 0 Å². The van der Waals surface area contributed by atoms with Gasteiger partial charge in [0.15, 0.2) is 0 Å². The quantitative estimate of drug-likeness (QED) is 0.784. The van der Waals surface area contributed by atoms with Gasteiger partial charge in [0, 0.05) is 11.5 Å². The summed E-state index contributed by atoms with van der Waals surface area (Å²) in [6, 6.07) is 21.7. The van der Waals surface area contributed by atoms with E-state index < -0.39 is 0 Å². The molecule has 0 N–H and O–H groups in total. The predicted octanol–water partition coefficient (Wildman–Crippen LogP) is 4.37. The molecule has 1 fully saturated rings. The van der Waals surface area contributed by atoms with E-state index in [1.54, 1.807) is 0 Å². The number of rotatable bonds is 2. The average molecular weight is 258 g/mol. The molecule has 0 aliphatic carbocycles. The van der Waals surface area contributed by atoms with Crippen molar-refractivity contribution in [3.05, 3.63) is 71.8 Å². The first-order valence-electron chi connectivity index (χ1n) is 5.81. The van der Waals surface area contributed by atoms with Gasteiger partial charge in [0.25, 0.3) is 0 Å². The Bertz CT molecular complexity index is 431. The summed E-state index contributed by atoms with van der Waals surface area (Å²) in [4.78, 5) is 0. The number of benzene rings is 2. The molecule has 1 aliphatic rings. The minimum Gasteiger partial charge on any atom is -0.134 e. The second-order valence-electron chi connectivity index (χ2n) is 4.05. The molecule has 0 spiro atoms. The molecule has 1 aliphatic heterocycles. The van der Waals surface area contributed by atoms with Crippen molar-refractivity contribution in [2.24, 2.45) is 0 Å². The van der Waals surface area contributed by atoms with Crippen molar-refractivity contribution in [3.8, 4) is 0 Å². The summed E-state index contributed by atoms with van der Waals surface area (Å²) in [7, 11) is 0. The lowest BCUT2D eigenvalue weighted by Crippen LogP contribution is -2.15. The lowest BCUT2D eigenvalue weighted by molar-refractivity contribution is 1.08. The Balaban J connectivity index is 2.11. The van der Waals surface area contributed by atoms with E-state index >= 15 is 0 Å². The lowest BCUT2D eigenvalue weighted by atomic mass is 10.0. The van der Waals surface area contributed by atoms with Crippen molar-refractivity contribution in [1.82, 2.24) is 0 Å². The minimum atomic E-state index is 0.114. The SMILES string of the molecule is c1ccc(C2(c3ccccc3)SCCS2)cc1. The number of hydrogen-bond acceptors (Lipinski definition) is 2. The second-order valence-corrected chi connectivity index (χ2v) is 6.92. The molecule has 0 amide bonds. The molecule has 0 saturated carbocycles. The lowest BCUT2D eigenvalue weighted by Gasteiger charge is -2.28. The molecular weight excluding hydrogens is 244 g/mol. The van der Waals surface area contributed by atoms with Crippen LogP contribution in [-0.4, -0.2) is 11.5 Å². The highest BCUT2D eigenvalue weighted by molar-refractivity contribution is 8.20. The van der Waals surface area contributed by atoms with E-state index in [0.717, 1.165) is 0 Å². The Morgan fingerprint density at radius 2 is 1.06 bits per heavy atom. The normalized spacial score (nSPS) is 18.1. The Labute approximate surface area is 111 Å². The monoisotopic (exact) mass is 258 g/mol. The van der Waals surface area contributed by atoms with E-state index in [1.807, 2.05) is 0 Å². The first kappa shape index (κ1) is 11.2. The standard InChI is InChI=1S/C15H14S2/c1-3-7-13(8-4-1)15(16-11-12-17-15)14-9-5-2-6-10-14/h1-10H,11-12H2. The summed E-state index contributed by atoms with van der Waals surface area (Å²) >= 11 is 4.12. The van der Waals surface area contributed by atoms with Crippen LogP contribution < -0.4 is 0 Å². The van der Waals surface area contributed by atoms with Crippen molar-refractivity contribution in [2.75, 3.05) is 11.5 Å². The third-order valence-corrected chi connectivity index (χ3v) is 6.54. The van der Waals surface area contributed by atoms with Gasteiger partial charge >= 0.3 is 0 Å². The average Bonchev–Trinajstić information content (AvgIpc) is 2.91. The summed E-state index contributed by atoms with van der Waals surface area (Å²) in [5, 5.41) is 0. The molecule has 1 heterocycles. The van der Waals surface area contributed by atoms with Gasteiger partial charge in [-0.1, -0.05) is 60.7 Å². The van der Waals surface area contributed by atoms with Gasteiger partial charge in [-0.15, -0.1) is 23.5 Å². The molecule has 2 aromatic rings. The molecule has 0 radical (unpaired) electrons. The maximum Gasteiger partial charge on any atom is 0.111 e. The van der Waals surface area contributed by atoms with E-state index in [2.05, 4.69) is 84.2 Å². The van der Waals surface area contributed by atoms with Gasteiger partial charge in [-0.05, 0) is 11.1 Å². The Morgan fingerprint density at radius 1 is 0.647 bits per heavy atom. The van der Waals surface area contributed by atoms with Crippen molar-refractivity contribution in [1.29, 1.82) is 0 Å². The predicted molar refractivity (Wildman–Crippen MR) is 78.6 cm³/mol. The van der Waals surface area contributed by atoms with Crippen molar-refractivity contribution in [2.45, 2.75) is 4.08 Å². The van der Waals surface area contributed by atoms with Crippen LogP contribution in [0.2, 0.25) is 0 Å². The Kier molecular flexibility index (Phi) is 3.17. The molecule has 3 rings (SSSR count). The van der Waals surface area contributed by atoms with Gasteiger partial charge < -0.3 is 0 Å². The zero-order valence-corrected chi connectivity index (χ0v) is 11.1. The van der Waals surface area contributed by atoms with Gasteiger partial charge in [-0.2, -0.15) is 0 Å². The molecule has 1 saturated heterocycles. The van der Waals surface area contributed by atoms with Crippen LogP contribution in [0.25, 0.3) is 0 Å². The molecule has 0 unspecified atom stereocenters. The van der Waals surface area contributed by atoms with Crippen molar-refractivity contribution >= 4 is 23.5 Å². The summed E-state index contributed by atoms with van der Waals surface area (Å²) in [6.07, 6.45) is 0. The smallest absolute Gasteiger partial charge is 0.111 e. The molecule has 0 bridgehead atoms. The Hall–Kier alpha value is -0.860. The first-order chi connectivity index (χ1) is 8.42. The zero-order valence-electron chi connectivity index (χ0n) is 9.50. The molecule has 2 aromatic carbocycles. The van der Waals surface area contributed by atoms with E-state index in [-0.39, 0.29) is 4.08 Å².